The molecule has 0 aliphatic carbocycles. The van der Waals surface area contributed by atoms with Crippen LogP contribution in [0.25, 0.3) is 0 Å². The van der Waals surface area contributed by atoms with Crippen molar-refractivity contribution in [2.75, 3.05) is 13.2 Å². The van der Waals surface area contributed by atoms with E-state index in [-0.39, 0.29) is 24.7 Å². The fourth-order valence-electron chi connectivity index (χ4n) is 2.71. The zero-order valence-electron chi connectivity index (χ0n) is 12.0. The summed E-state index contributed by atoms with van der Waals surface area (Å²) in [6, 6.07) is 9.52. The summed E-state index contributed by atoms with van der Waals surface area (Å²) in [6.07, 6.45) is 3.41. The second-order valence-electron chi connectivity index (χ2n) is 5.42. The summed E-state index contributed by atoms with van der Waals surface area (Å²) in [7, 11) is 0. The molecule has 1 saturated heterocycles. The minimum Gasteiger partial charge on any atom is -0.484 e. The lowest BCUT2D eigenvalue weighted by Gasteiger charge is -2.36. The Morgan fingerprint density at radius 3 is 2.85 bits per heavy atom. The molecular formula is C16H23NO3. The quantitative estimate of drug-likeness (QED) is 0.897. The molecule has 2 rings (SSSR count). The van der Waals surface area contributed by atoms with E-state index in [0.29, 0.717) is 12.2 Å². The first-order chi connectivity index (χ1) is 9.66. The zero-order valence-corrected chi connectivity index (χ0v) is 12.0. The van der Waals surface area contributed by atoms with Crippen molar-refractivity contribution in [2.24, 2.45) is 0 Å². The number of aliphatic hydroxyl groups is 1. The van der Waals surface area contributed by atoms with Gasteiger partial charge in [-0.2, -0.15) is 0 Å². The minimum atomic E-state index is -0.372. The van der Waals surface area contributed by atoms with Gasteiger partial charge in [-0.05, 0) is 44.7 Å². The van der Waals surface area contributed by atoms with Gasteiger partial charge in [0.2, 0.25) is 0 Å². The molecule has 1 aromatic carbocycles. The van der Waals surface area contributed by atoms with E-state index in [2.05, 4.69) is 0 Å². The van der Waals surface area contributed by atoms with Crippen molar-refractivity contribution < 1.29 is 14.6 Å². The molecule has 0 spiro atoms. The predicted molar refractivity (Wildman–Crippen MR) is 77.6 cm³/mol. The van der Waals surface area contributed by atoms with Crippen LogP contribution >= 0.6 is 0 Å². The molecule has 1 amide bonds. The summed E-state index contributed by atoms with van der Waals surface area (Å²) < 4.78 is 5.52. The van der Waals surface area contributed by atoms with Gasteiger partial charge in [0.1, 0.15) is 5.75 Å². The summed E-state index contributed by atoms with van der Waals surface area (Å²) in [5, 5.41) is 9.54. The molecule has 20 heavy (non-hydrogen) atoms. The molecule has 2 atom stereocenters. The van der Waals surface area contributed by atoms with Gasteiger partial charge in [0, 0.05) is 12.6 Å². The van der Waals surface area contributed by atoms with Crippen molar-refractivity contribution in [1.82, 2.24) is 4.90 Å². The van der Waals surface area contributed by atoms with Crippen LogP contribution in [-0.2, 0) is 4.79 Å². The molecule has 0 radical (unpaired) electrons. The van der Waals surface area contributed by atoms with Crippen molar-refractivity contribution in [3.63, 3.8) is 0 Å². The fraction of sp³-hybridized carbons (Fsp3) is 0.562. The van der Waals surface area contributed by atoms with E-state index in [1.807, 2.05) is 35.2 Å². The normalized spacial score (nSPS) is 20.5. The van der Waals surface area contributed by atoms with E-state index >= 15 is 0 Å². The molecule has 0 aromatic heterocycles. The fourth-order valence-corrected chi connectivity index (χ4v) is 2.71. The van der Waals surface area contributed by atoms with Crippen molar-refractivity contribution in [1.29, 1.82) is 0 Å². The van der Waals surface area contributed by atoms with Crippen molar-refractivity contribution in [3.05, 3.63) is 30.3 Å². The Bertz CT molecular complexity index is 419. The van der Waals surface area contributed by atoms with Gasteiger partial charge in [0.05, 0.1) is 6.10 Å². The van der Waals surface area contributed by atoms with Crippen LogP contribution in [-0.4, -0.2) is 41.2 Å². The Labute approximate surface area is 120 Å². The van der Waals surface area contributed by atoms with E-state index in [1.54, 1.807) is 6.92 Å². The summed E-state index contributed by atoms with van der Waals surface area (Å²) in [4.78, 5) is 14.2. The molecule has 1 aliphatic rings. The number of aliphatic hydroxyl groups excluding tert-OH is 1. The number of benzene rings is 1. The highest BCUT2D eigenvalue weighted by molar-refractivity contribution is 5.78. The number of hydrogen-bond donors (Lipinski definition) is 1. The average Bonchev–Trinajstić information content (AvgIpc) is 2.46. The molecule has 1 aliphatic heterocycles. The van der Waals surface area contributed by atoms with Crippen molar-refractivity contribution >= 4 is 5.91 Å². The highest BCUT2D eigenvalue weighted by Crippen LogP contribution is 2.21. The number of amides is 1. The number of ether oxygens (including phenoxy) is 1. The van der Waals surface area contributed by atoms with E-state index in [4.69, 9.17) is 4.74 Å². The highest BCUT2D eigenvalue weighted by atomic mass is 16.5. The number of piperidine rings is 1. The highest BCUT2D eigenvalue weighted by Gasteiger charge is 2.27. The lowest BCUT2D eigenvalue weighted by molar-refractivity contribution is -0.137. The van der Waals surface area contributed by atoms with E-state index in [0.717, 1.165) is 25.8 Å². The Hall–Kier alpha value is -1.55. The second kappa shape index (κ2) is 7.29. The van der Waals surface area contributed by atoms with Crippen LogP contribution < -0.4 is 4.74 Å². The summed E-state index contributed by atoms with van der Waals surface area (Å²) in [5.74, 6) is 0.726. The number of hydrogen-bond acceptors (Lipinski definition) is 3. The largest absolute Gasteiger partial charge is 0.484 e. The number of carbonyl (C=O) groups is 1. The maximum atomic E-state index is 12.3. The van der Waals surface area contributed by atoms with Crippen LogP contribution in [0.5, 0.6) is 5.75 Å². The Morgan fingerprint density at radius 1 is 1.40 bits per heavy atom. The van der Waals surface area contributed by atoms with Crippen molar-refractivity contribution in [3.8, 4) is 5.75 Å². The molecule has 0 bridgehead atoms. The molecule has 1 N–H and O–H groups in total. The first-order valence-corrected chi connectivity index (χ1v) is 7.32. The third-order valence-electron chi connectivity index (χ3n) is 3.67. The van der Waals surface area contributed by atoms with E-state index < -0.39 is 0 Å². The van der Waals surface area contributed by atoms with Crippen molar-refractivity contribution in [2.45, 2.75) is 44.8 Å². The lowest BCUT2D eigenvalue weighted by Crippen LogP contribution is -2.46. The van der Waals surface area contributed by atoms with Crippen LogP contribution in [0.4, 0.5) is 0 Å². The average molecular weight is 277 g/mol. The van der Waals surface area contributed by atoms with Crippen LogP contribution in [0.1, 0.15) is 32.6 Å². The van der Waals surface area contributed by atoms with Crippen LogP contribution in [0.15, 0.2) is 30.3 Å². The molecule has 1 heterocycles. The number of likely N-dealkylation sites (tertiary alicyclic amines) is 1. The molecule has 0 saturated carbocycles. The van der Waals surface area contributed by atoms with Crippen LogP contribution in [0, 0.1) is 0 Å². The second-order valence-corrected chi connectivity index (χ2v) is 5.42. The van der Waals surface area contributed by atoms with Gasteiger partial charge in [-0.15, -0.1) is 0 Å². The SMILES string of the molecule is CC(O)CC1CCCCN1C(=O)COc1ccccc1. The topological polar surface area (TPSA) is 49.8 Å². The number of para-hydroxylation sites is 1. The Morgan fingerprint density at radius 2 is 2.15 bits per heavy atom. The molecule has 1 fully saturated rings. The molecule has 4 heteroatoms. The van der Waals surface area contributed by atoms with Gasteiger partial charge in [0.15, 0.2) is 6.61 Å². The van der Waals surface area contributed by atoms with Gasteiger partial charge < -0.3 is 14.7 Å². The summed E-state index contributed by atoms with van der Waals surface area (Å²) in [5.41, 5.74) is 0. The standard InChI is InChI=1S/C16H23NO3/c1-13(18)11-14-7-5-6-10-17(14)16(19)12-20-15-8-3-2-4-9-15/h2-4,8-9,13-14,18H,5-7,10-12H2,1H3. The smallest absolute Gasteiger partial charge is 0.260 e. The predicted octanol–water partition coefficient (Wildman–Crippen LogP) is 2.22. The molecule has 110 valence electrons. The number of carbonyl (C=O) groups excluding carboxylic acids is 1. The number of nitrogens with zero attached hydrogens (tertiary/aromatic N) is 1. The monoisotopic (exact) mass is 277 g/mol. The molecule has 1 aromatic rings. The first-order valence-electron chi connectivity index (χ1n) is 7.32. The van der Waals surface area contributed by atoms with E-state index in [9.17, 15) is 9.90 Å². The van der Waals surface area contributed by atoms with Crippen LogP contribution in [0.3, 0.4) is 0 Å². The molecule has 4 nitrogen and oxygen atoms in total. The Kier molecular flexibility index (Phi) is 5.41. The first kappa shape index (κ1) is 14.9. The molecular weight excluding hydrogens is 254 g/mol. The molecule has 2 unspecified atom stereocenters. The Balaban J connectivity index is 1.89. The van der Waals surface area contributed by atoms with Gasteiger partial charge in [-0.3, -0.25) is 4.79 Å². The van der Waals surface area contributed by atoms with Crippen LogP contribution in [0.2, 0.25) is 0 Å². The van der Waals surface area contributed by atoms with E-state index in [1.165, 1.54) is 0 Å². The summed E-state index contributed by atoms with van der Waals surface area (Å²) >= 11 is 0. The van der Waals surface area contributed by atoms with Gasteiger partial charge in [-0.1, -0.05) is 18.2 Å². The zero-order chi connectivity index (χ0) is 14.4. The summed E-state index contributed by atoms with van der Waals surface area (Å²) in [6.45, 7) is 2.62. The lowest BCUT2D eigenvalue weighted by atomic mass is 9.97. The maximum absolute atomic E-state index is 12.3. The minimum absolute atomic E-state index is 0.0132. The maximum Gasteiger partial charge on any atom is 0.260 e. The van der Waals surface area contributed by atoms with Gasteiger partial charge in [-0.25, -0.2) is 0 Å². The number of rotatable bonds is 5. The third kappa shape index (κ3) is 4.23. The van der Waals surface area contributed by atoms with Gasteiger partial charge in [0.25, 0.3) is 5.91 Å². The third-order valence-corrected chi connectivity index (χ3v) is 3.67. The van der Waals surface area contributed by atoms with Gasteiger partial charge >= 0.3 is 0 Å².